The lowest BCUT2D eigenvalue weighted by atomic mass is 9.79. The van der Waals surface area contributed by atoms with E-state index in [1.165, 1.54) is 6.33 Å². The fraction of sp³-hybridized carbons (Fsp3) is 0.388. The molecule has 1 unspecified atom stereocenters. The van der Waals surface area contributed by atoms with Gasteiger partial charge in [0.25, 0.3) is 0 Å². The van der Waals surface area contributed by atoms with E-state index in [1.807, 2.05) is 120 Å². The highest BCUT2D eigenvalue weighted by Crippen LogP contribution is 2.50. The highest BCUT2D eigenvalue weighted by Gasteiger charge is 2.59. The number of imidazole rings is 1. The van der Waals surface area contributed by atoms with E-state index in [0.29, 0.717) is 22.5 Å². The van der Waals surface area contributed by atoms with Crippen LogP contribution in [-0.4, -0.2) is 73.5 Å². The summed E-state index contributed by atoms with van der Waals surface area (Å²) >= 11 is 0. The molecule has 3 heterocycles. The lowest BCUT2D eigenvalue weighted by Gasteiger charge is -2.45. The summed E-state index contributed by atoms with van der Waals surface area (Å²) < 4.78 is 38.1. The number of nitrogens with two attached hydrogens (primary N) is 1. The highest BCUT2D eigenvalue weighted by molar-refractivity contribution is 6.74. The Morgan fingerprint density at radius 1 is 0.710 bits per heavy atom. The zero-order valence-corrected chi connectivity index (χ0v) is 39.8. The smallest absolute Gasteiger partial charge is 0.194 e. The second kappa shape index (κ2) is 17.3. The molecule has 0 spiro atoms. The Morgan fingerprint density at radius 2 is 1.24 bits per heavy atom. The summed E-state index contributed by atoms with van der Waals surface area (Å²) in [5.41, 5.74) is 8.76. The van der Waals surface area contributed by atoms with Crippen molar-refractivity contribution in [2.45, 2.75) is 114 Å². The van der Waals surface area contributed by atoms with Crippen molar-refractivity contribution in [3.63, 3.8) is 0 Å². The molecule has 0 amide bonds. The Morgan fingerprint density at radius 3 is 1.79 bits per heavy atom. The number of carbonyl (C=O) groups is 1. The van der Waals surface area contributed by atoms with Crippen LogP contribution in [0.15, 0.2) is 128 Å². The zero-order chi connectivity index (χ0) is 44.7. The average molecular weight is 872 g/mol. The molecule has 13 heteroatoms. The molecule has 4 aromatic carbocycles. The molecule has 62 heavy (non-hydrogen) atoms. The van der Waals surface area contributed by atoms with Crippen molar-refractivity contribution in [2.24, 2.45) is 0 Å². The number of nitrogen functional groups attached to an aromatic ring is 1. The SMILES string of the molecule is COc1cccc(C(OC(C(=O)c2ccccc2)[C@H]2O[C@@H](n3cnc4c(N)ncnc43)[C@H](O[Si](C)(C)C(C)(C)C)[C@@H]2O[Si](C)(C)C(C)(C)C)(c2ccccc2)c2ccccc2)c1. The minimum atomic E-state index is -2.67. The van der Waals surface area contributed by atoms with Crippen LogP contribution in [0, 0.1) is 0 Å². The lowest BCUT2D eigenvalue weighted by molar-refractivity contribution is -0.125. The third-order valence-corrected chi connectivity index (χ3v) is 22.1. The Labute approximate surface area is 368 Å². The van der Waals surface area contributed by atoms with Gasteiger partial charge in [0.05, 0.1) is 13.4 Å². The molecule has 0 radical (unpaired) electrons. The van der Waals surface area contributed by atoms with Gasteiger partial charge in [0.2, 0.25) is 0 Å². The molecule has 5 atom stereocenters. The second-order valence-corrected chi connectivity index (χ2v) is 28.7. The van der Waals surface area contributed by atoms with Crippen LogP contribution in [0.2, 0.25) is 36.3 Å². The number of hydrogen-bond donors (Lipinski definition) is 1. The van der Waals surface area contributed by atoms with E-state index < -0.39 is 52.9 Å². The largest absolute Gasteiger partial charge is 0.497 e. The first-order valence-electron chi connectivity index (χ1n) is 21.3. The predicted molar refractivity (Wildman–Crippen MR) is 249 cm³/mol. The molecule has 1 fully saturated rings. The fourth-order valence-electron chi connectivity index (χ4n) is 7.60. The third kappa shape index (κ3) is 8.54. The van der Waals surface area contributed by atoms with Gasteiger partial charge < -0.3 is 28.8 Å². The minimum Gasteiger partial charge on any atom is -0.497 e. The topological polar surface area (TPSA) is 133 Å². The monoisotopic (exact) mass is 871 g/mol. The molecule has 1 aliphatic rings. The number of rotatable bonds is 14. The number of nitrogens with zero attached hydrogens (tertiary/aromatic N) is 4. The van der Waals surface area contributed by atoms with Crippen molar-refractivity contribution in [1.29, 1.82) is 0 Å². The maximum atomic E-state index is 15.8. The Bertz CT molecular complexity index is 2430. The summed E-state index contributed by atoms with van der Waals surface area (Å²) in [6, 6.07) is 37.1. The van der Waals surface area contributed by atoms with Crippen molar-refractivity contribution in [1.82, 2.24) is 19.5 Å². The fourth-order valence-corrected chi connectivity index (χ4v) is 10.2. The second-order valence-electron chi connectivity index (χ2n) is 19.2. The van der Waals surface area contributed by atoms with Gasteiger partial charge in [-0.2, -0.15) is 0 Å². The lowest BCUT2D eigenvalue weighted by Crippen LogP contribution is -2.57. The van der Waals surface area contributed by atoms with E-state index in [9.17, 15) is 0 Å². The van der Waals surface area contributed by atoms with Crippen LogP contribution in [0.1, 0.15) is 74.8 Å². The van der Waals surface area contributed by atoms with Crippen molar-refractivity contribution in [2.75, 3.05) is 12.8 Å². The van der Waals surface area contributed by atoms with Crippen LogP contribution in [0.5, 0.6) is 5.75 Å². The van der Waals surface area contributed by atoms with Crippen molar-refractivity contribution < 1.29 is 27.9 Å². The number of Topliss-reactive ketones (excluding diaryl/α,β-unsaturated/α-hetero) is 1. The van der Waals surface area contributed by atoms with Crippen LogP contribution in [-0.2, 0) is 23.9 Å². The molecule has 0 aliphatic carbocycles. The average Bonchev–Trinajstić information content (AvgIpc) is 3.82. The Balaban J connectivity index is 1.54. The molecule has 2 aromatic heterocycles. The van der Waals surface area contributed by atoms with Gasteiger partial charge in [-0.15, -0.1) is 0 Å². The van der Waals surface area contributed by atoms with E-state index in [2.05, 4.69) is 82.7 Å². The number of benzene rings is 4. The normalized spacial score (nSPS) is 19.4. The molecule has 326 valence electrons. The minimum absolute atomic E-state index is 0.196. The van der Waals surface area contributed by atoms with Gasteiger partial charge in [0.15, 0.2) is 46.2 Å². The highest BCUT2D eigenvalue weighted by atomic mass is 28.4. The standard InChI is InChI=1S/C49H61N5O6Si2/c1-47(2,3)61(8,9)59-42-41(57-46(43(42)60-62(10,11)48(4,5)6)54-32-53-38-44(50)51-31-52-45(38)54)40(39(55)33-22-15-12-16-23-33)58-49(34-24-17-13-18-25-34,35-26-19-14-20-27-35)36-28-21-29-37(30-36)56-7/h12-32,40-43,46H,1-11H3,(H2,50,51,52)/t40?,41-,42-,43-,46-/m1/s1. The molecule has 0 saturated carbocycles. The zero-order valence-electron chi connectivity index (χ0n) is 37.8. The molecular formula is C49H61N5O6Si2. The van der Waals surface area contributed by atoms with Gasteiger partial charge in [0, 0.05) is 5.56 Å². The van der Waals surface area contributed by atoms with Crippen LogP contribution < -0.4 is 10.5 Å². The predicted octanol–water partition coefficient (Wildman–Crippen LogP) is 10.4. The number of anilines is 1. The van der Waals surface area contributed by atoms with Crippen molar-refractivity contribution in [3.05, 3.63) is 150 Å². The van der Waals surface area contributed by atoms with Crippen LogP contribution in [0.25, 0.3) is 11.2 Å². The van der Waals surface area contributed by atoms with Crippen molar-refractivity contribution >= 4 is 39.4 Å². The van der Waals surface area contributed by atoms with Gasteiger partial charge in [-0.1, -0.05) is 145 Å². The summed E-state index contributed by atoms with van der Waals surface area (Å²) in [4.78, 5) is 29.3. The number of fused-ring (bicyclic) bond motifs is 1. The van der Waals surface area contributed by atoms with E-state index in [0.717, 1.165) is 16.7 Å². The van der Waals surface area contributed by atoms with Gasteiger partial charge in [-0.25, -0.2) is 15.0 Å². The van der Waals surface area contributed by atoms with Gasteiger partial charge >= 0.3 is 0 Å². The van der Waals surface area contributed by atoms with Crippen LogP contribution in [0.3, 0.4) is 0 Å². The molecule has 2 N–H and O–H groups in total. The number of ketones is 1. The van der Waals surface area contributed by atoms with E-state index in [1.54, 1.807) is 13.4 Å². The number of ether oxygens (including phenoxy) is 3. The summed E-state index contributed by atoms with van der Waals surface area (Å²) in [5, 5.41) is -0.419. The number of aromatic nitrogens is 4. The Hall–Kier alpha value is -5.03. The maximum Gasteiger partial charge on any atom is 0.194 e. The molecule has 1 aliphatic heterocycles. The first-order valence-corrected chi connectivity index (χ1v) is 27.1. The molecule has 6 aromatic rings. The van der Waals surface area contributed by atoms with Gasteiger partial charge in [-0.3, -0.25) is 9.36 Å². The molecular weight excluding hydrogens is 811 g/mol. The summed E-state index contributed by atoms with van der Waals surface area (Å²) in [5.74, 6) is 0.613. The van der Waals surface area contributed by atoms with Crippen molar-refractivity contribution in [3.8, 4) is 5.75 Å². The molecule has 0 bridgehead atoms. The van der Waals surface area contributed by atoms with Gasteiger partial charge in [-0.05, 0) is 65.1 Å². The summed E-state index contributed by atoms with van der Waals surface area (Å²) in [7, 11) is -3.64. The van der Waals surface area contributed by atoms with E-state index >= 15 is 4.79 Å². The quantitative estimate of drug-likeness (QED) is 0.0641. The number of methoxy groups -OCH3 is 1. The summed E-state index contributed by atoms with van der Waals surface area (Å²) in [6.45, 7) is 22.1. The first kappa shape index (κ1) is 45.0. The van der Waals surface area contributed by atoms with Crippen LogP contribution >= 0.6 is 0 Å². The Kier molecular flexibility index (Phi) is 12.5. The molecule has 11 nitrogen and oxygen atoms in total. The molecule has 1 saturated heterocycles. The maximum absolute atomic E-state index is 15.8. The van der Waals surface area contributed by atoms with Gasteiger partial charge in [0.1, 0.15) is 41.5 Å². The van der Waals surface area contributed by atoms with E-state index in [4.69, 9.17) is 28.8 Å². The number of carbonyl (C=O) groups excluding carboxylic acids is 1. The molecule has 7 rings (SSSR count). The van der Waals surface area contributed by atoms with E-state index in [-0.39, 0.29) is 21.7 Å². The number of hydrogen-bond acceptors (Lipinski definition) is 10. The summed E-state index contributed by atoms with van der Waals surface area (Å²) in [6.07, 6.45) is -1.62. The first-order chi connectivity index (χ1) is 29.3. The van der Waals surface area contributed by atoms with Crippen LogP contribution in [0.4, 0.5) is 5.82 Å². The third-order valence-electron chi connectivity index (χ3n) is 13.1.